The maximum Gasteiger partial charge on any atom is 0.292 e. The topological polar surface area (TPSA) is 72.8 Å². The molecule has 0 aromatic heterocycles. The summed E-state index contributed by atoms with van der Waals surface area (Å²) in [6, 6.07) is 4.30. The van der Waals surface area contributed by atoms with Crippen LogP contribution in [0.25, 0.3) is 0 Å². The lowest BCUT2D eigenvalue weighted by Crippen LogP contribution is -2.07. The molecule has 0 radical (unpaired) electrons. The van der Waals surface area contributed by atoms with E-state index < -0.39 is 10.0 Å². The van der Waals surface area contributed by atoms with Gasteiger partial charge in [-0.3, -0.25) is 0 Å². The van der Waals surface area contributed by atoms with Crippen molar-refractivity contribution in [1.82, 2.24) is 0 Å². The molecular formula is C11H13NO4S. The fourth-order valence-electron chi connectivity index (χ4n) is 1.27. The van der Waals surface area contributed by atoms with Crippen LogP contribution in [0.4, 0.5) is 0 Å². The predicted molar refractivity (Wildman–Crippen MR) is 62.3 cm³/mol. The molecule has 0 N–H and O–H groups in total. The van der Waals surface area contributed by atoms with Crippen LogP contribution in [0.15, 0.2) is 27.5 Å². The van der Waals surface area contributed by atoms with Gasteiger partial charge in [-0.05, 0) is 44.5 Å². The molecule has 0 unspecified atom stereocenters. The molecule has 1 aromatic carbocycles. The third kappa shape index (κ3) is 3.41. The van der Waals surface area contributed by atoms with Gasteiger partial charge < -0.3 is 4.74 Å². The van der Waals surface area contributed by atoms with Crippen LogP contribution in [0.5, 0.6) is 5.75 Å². The highest BCUT2D eigenvalue weighted by atomic mass is 32.2. The first-order valence-corrected chi connectivity index (χ1v) is 6.42. The third-order valence-electron chi connectivity index (χ3n) is 1.96. The summed E-state index contributed by atoms with van der Waals surface area (Å²) in [7, 11) is -3.93. The lowest BCUT2D eigenvalue weighted by molar-refractivity contribution is 0.240. The minimum absolute atomic E-state index is 0.00385. The third-order valence-corrected chi connectivity index (χ3v) is 3.13. The van der Waals surface area contributed by atoms with Crippen molar-refractivity contribution < 1.29 is 17.9 Å². The molecule has 0 bridgehead atoms. The van der Waals surface area contributed by atoms with Crippen molar-refractivity contribution in [3.05, 3.63) is 23.8 Å². The van der Waals surface area contributed by atoms with Gasteiger partial charge in [0.25, 0.3) is 16.1 Å². The molecule has 5 nitrogen and oxygen atoms in total. The smallest absolute Gasteiger partial charge is 0.292 e. The molecule has 0 heterocycles. The van der Waals surface area contributed by atoms with Crippen molar-refractivity contribution in [3.8, 4) is 5.75 Å². The van der Waals surface area contributed by atoms with Crippen molar-refractivity contribution in [2.24, 2.45) is 4.40 Å². The SMILES string of the molecule is Cc1cc(S(=O)(=O)N=C=O)ccc1OC(C)C. The Balaban J connectivity index is 3.17. The van der Waals surface area contributed by atoms with E-state index in [9.17, 15) is 13.2 Å². The zero-order valence-corrected chi connectivity index (χ0v) is 10.6. The van der Waals surface area contributed by atoms with Crippen LogP contribution >= 0.6 is 0 Å². The highest BCUT2D eigenvalue weighted by Crippen LogP contribution is 2.23. The Bertz CT molecular complexity index is 557. The summed E-state index contributed by atoms with van der Waals surface area (Å²) in [5.74, 6) is 0.606. The van der Waals surface area contributed by atoms with E-state index in [1.807, 2.05) is 13.8 Å². The molecule has 0 atom stereocenters. The standard InChI is InChI=1S/C11H13NO4S/c1-8(2)16-11-5-4-10(6-9(11)3)17(14,15)12-7-13/h4-6,8H,1-3H3. The Morgan fingerprint density at radius 1 is 1.35 bits per heavy atom. The van der Waals surface area contributed by atoms with Crippen LogP contribution in [0, 0.1) is 6.92 Å². The lowest BCUT2D eigenvalue weighted by atomic mass is 10.2. The first-order chi connectivity index (χ1) is 7.86. The number of ether oxygens (including phenoxy) is 1. The molecular weight excluding hydrogens is 242 g/mol. The summed E-state index contributed by atoms with van der Waals surface area (Å²) in [5, 5.41) is 0. The minimum Gasteiger partial charge on any atom is -0.491 e. The summed E-state index contributed by atoms with van der Waals surface area (Å²) >= 11 is 0. The molecule has 0 aliphatic rings. The van der Waals surface area contributed by atoms with Crippen molar-refractivity contribution >= 4 is 16.1 Å². The molecule has 1 aromatic rings. The van der Waals surface area contributed by atoms with E-state index in [2.05, 4.69) is 4.40 Å². The number of sulfonamides is 1. The first-order valence-electron chi connectivity index (χ1n) is 4.98. The second kappa shape index (κ2) is 5.12. The molecule has 1 rings (SSSR count). The number of carbonyl (C=O) groups excluding carboxylic acids is 1. The summed E-state index contributed by atoms with van der Waals surface area (Å²) in [6.07, 6.45) is 1.03. The van der Waals surface area contributed by atoms with Gasteiger partial charge in [-0.15, -0.1) is 0 Å². The van der Waals surface area contributed by atoms with Crippen LogP contribution in [0.1, 0.15) is 19.4 Å². The van der Waals surface area contributed by atoms with Crippen LogP contribution in [-0.2, 0) is 14.8 Å². The lowest BCUT2D eigenvalue weighted by Gasteiger charge is -2.12. The normalized spacial score (nSPS) is 11.1. The molecule has 0 fully saturated rings. The van der Waals surface area contributed by atoms with Gasteiger partial charge in [-0.1, -0.05) is 4.40 Å². The quantitative estimate of drug-likeness (QED) is 0.607. The van der Waals surface area contributed by atoms with Crippen LogP contribution in [0.2, 0.25) is 0 Å². The van der Waals surface area contributed by atoms with E-state index in [1.165, 1.54) is 12.1 Å². The van der Waals surface area contributed by atoms with Gasteiger partial charge in [0.15, 0.2) is 0 Å². The van der Waals surface area contributed by atoms with Crippen LogP contribution in [0.3, 0.4) is 0 Å². The number of hydrogen-bond acceptors (Lipinski definition) is 4. The average Bonchev–Trinajstić information content (AvgIpc) is 2.20. The largest absolute Gasteiger partial charge is 0.491 e. The predicted octanol–water partition coefficient (Wildman–Crippen LogP) is 1.81. The minimum atomic E-state index is -3.93. The van der Waals surface area contributed by atoms with Crippen molar-refractivity contribution in [2.75, 3.05) is 0 Å². The summed E-state index contributed by atoms with van der Waals surface area (Å²) < 4.78 is 31.1. The Kier molecular flexibility index (Phi) is 4.04. The zero-order valence-electron chi connectivity index (χ0n) is 9.80. The monoisotopic (exact) mass is 255 g/mol. The van der Waals surface area contributed by atoms with Gasteiger partial charge >= 0.3 is 0 Å². The molecule has 17 heavy (non-hydrogen) atoms. The van der Waals surface area contributed by atoms with E-state index in [0.717, 1.165) is 6.08 Å². The first kappa shape index (κ1) is 13.4. The van der Waals surface area contributed by atoms with Crippen LogP contribution < -0.4 is 4.74 Å². The number of benzene rings is 1. The van der Waals surface area contributed by atoms with E-state index in [4.69, 9.17) is 4.74 Å². The number of isocyanates is 1. The fraction of sp³-hybridized carbons (Fsp3) is 0.364. The molecule has 92 valence electrons. The molecule has 0 saturated carbocycles. The average molecular weight is 255 g/mol. The van der Waals surface area contributed by atoms with Crippen molar-refractivity contribution in [1.29, 1.82) is 0 Å². The van der Waals surface area contributed by atoms with Gasteiger partial charge in [0.2, 0.25) is 0 Å². The second-order valence-electron chi connectivity index (χ2n) is 3.75. The number of rotatable bonds is 4. The second-order valence-corrected chi connectivity index (χ2v) is 5.36. The molecule has 0 aliphatic carbocycles. The summed E-state index contributed by atoms with van der Waals surface area (Å²) in [5.41, 5.74) is 0.667. The van der Waals surface area contributed by atoms with Gasteiger partial charge in [0, 0.05) is 0 Å². The Morgan fingerprint density at radius 2 is 2.00 bits per heavy atom. The highest BCUT2D eigenvalue weighted by molar-refractivity contribution is 7.90. The number of hydrogen-bond donors (Lipinski definition) is 0. The van der Waals surface area contributed by atoms with Crippen LogP contribution in [-0.4, -0.2) is 20.6 Å². The van der Waals surface area contributed by atoms with Gasteiger partial charge in [0.1, 0.15) is 5.75 Å². The molecule has 0 amide bonds. The van der Waals surface area contributed by atoms with E-state index >= 15 is 0 Å². The molecule has 0 aliphatic heterocycles. The maximum absolute atomic E-state index is 11.4. The molecule has 0 saturated heterocycles. The molecule has 6 heteroatoms. The van der Waals surface area contributed by atoms with Gasteiger partial charge in [-0.25, -0.2) is 4.79 Å². The van der Waals surface area contributed by atoms with Gasteiger partial charge in [0.05, 0.1) is 11.0 Å². The highest BCUT2D eigenvalue weighted by Gasteiger charge is 2.14. The Morgan fingerprint density at radius 3 is 2.47 bits per heavy atom. The van der Waals surface area contributed by atoms with E-state index in [0.29, 0.717) is 11.3 Å². The fourth-order valence-corrected chi connectivity index (χ4v) is 2.04. The zero-order chi connectivity index (χ0) is 13.1. The van der Waals surface area contributed by atoms with Crippen molar-refractivity contribution in [3.63, 3.8) is 0 Å². The van der Waals surface area contributed by atoms with Crippen molar-refractivity contribution in [2.45, 2.75) is 31.8 Å². The maximum atomic E-state index is 11.4. The summed E-state index contributed by atoms with van der Waals surface area (Å²) in [4.78, 5) is 9.95. The number of aryl methyl sites for hydroxylation is 1. The van der Waals surface area contributed by atoms with E-state index in [-0.39, 0.29) is 11.0 Å². The summed E-state index contributed by atoms with van der Waals surface area (Å²) in [6.45, 7) is 5.48. The van der Waals surface area contributed by atoms with Gasteiger partial charge in [-0.2, -0.15) is 8.42 Å². The van der Waals surface area contributed by atoms with E-state index in [1.54, 1.807) is 13.0 Å². The Hall–Kier alpha value is -1.65. The molecule has 0 spiro atoms. The number of nitrogens with zero attached hydrogens (tertiary/aromatic N) is 1. The Labute approximate surface area is 100 Å².